The van der Waals surface area contributed by atoms with Gasteiger partial charge in [0.2, 0.25) is 0 Å². The van der Waals surface area contributed by atoms with Crippen LogP contribution >= 0.6 is 7.82 Å². The quantitative estimate of drug-likeness (QED) is 0.476. The third kappa shape index (κ3) is 3.57. The average molecular weight is 174 g/mol. The Bertz CT molecular complexity index is 214. The lowest BCUT2D eigenvalue weighted by atomic mass is 10.9. The minimum Gasteiger partial charge on any atom is -0.341 e. The van der Waals surface area contributed by atoms with E-state index >= 15 is 0 Å². The highest BCUT2D eigenvalue weighted by Crippen LogP contribution is 2.48. The van der Waals surface area contributed by atoms with Gasteiger partial charge in [0.15, 0.2) is 0 Å². The molecule has 0 spiro atoms. The van der Waals surface area contributed by atoms with Crippen LogP contribution in [0.3, 0.4) is 0 Å². The second-order valence-corrected chi connectivity index (χ2v) is 2.80. The van der Waals surface area contributed by atoms with Crippen molar-refractivity contribution in [1.29, 1.82) is 0 Å². The van der Waals surface area contributed by atoms with E-state index in [1.807, 2.05) is 0 Å². The van der Waals surface area contributed by atoms with E-state index in [-0.39, 0.29) is 6.61 Å². The van der Waals surface area contributed by atoms with Crippen LogP contribution in [0.25, 0.3) is 0 Å². The molecule has 0 N–H and O–H groups in total. The Balaban J connectivity index is 4.19. The summed E-state index contributed by atoms with van der Waals surface area (Å²) in [6.45, 7) is 1.74. The number of hydrogen-bond donors (Lipinski definition) is 0. The van der Waals surface area contributed by atoms with E-state index in [0.717, 1.165) is 0 Å². The third-order valence-corrected chi connectivity index (χ3v) is 1.85. The number of terminal acetylenes is 2. The van der Waals surface area contributed by atoms with Crippen LogP contribution in [-0.2, 0) is 18.1 Å². The molecule has 11 heavy (non-hydrogen) atoms. The Morgan fingerprint density at radius 2 is 1.82 bits per heavy atom. The molecule has 60 valence electrons. The monoisotopic (exact) mass is 174 g/mol. The maximum Gasteiger partial charge on any atom is 0.604 e. The van der Waals surface area contributed by atoms with Crippen LogP contribution in [0.5, 0.6) is 0 Å². The van der Waals surface area contributed by atoms with Gasteiger partial charge in [-0.25, -0.2) is 4.57 Å². The van der Waals surface area contributed by atoms with Crippen molar-refractivity contribution in [3.05, 3.63) is 0 Å². The number of rotatable bonds is 4. The summed E-state index contributed by atoms with van der Waals surface area (Å²) in [7, 11) is -3.69. The van der Waals surface area contributed by atoms with E-state index in [1.165, 1.54) is 0 Å². The van der Waals surface area contributed by atoms with E-state index in [1.54, 1.807) is 19.1 Å². The topological polar surface area (TPSA) is 44.8 Å². The van der Waals surface area contributed by atoms with E-state index in [9.17, 15) is 4.57 Å². The first kappa shape index (κ1) is 9.91. The average Bonchev–Trinajstić information content (AvgIpc) is 1.88. The van der Waals surface area contributed by atoms with Gasteiger partial charge in [-0.3, -0.25) is 4.52 Å². The van der Waals surface area contributed by atoms with Crippen LogP contribution in [0.15, 0.2) is 0 Å². The van der Waals surface area contributed by atoms with Crippen LogP contribution in [0.2, 0.25) is 0 Å². The van der Waals surface area contributed by atoms with Gasteiger partial charge in [0.25, 0.3) is 0 Å². The van der Waals surface area contributed by atoms with E-state index < -0.39 is 7.82 Å². The summed E-state index contributed by atoms with van der Waals surface area (Å²) >= 11 is 0. The van der Waals surface area contributed by atoms with Crippen LogP contribution in [-0.4, -0.2) is 6.61 Å². The molecule has 0 aromatic rings. The van der Waals surface area contributed by atoms with Crippen molar-refractivity contribution in [1.82, 2.24) is 0 Å². The number of hydrogen-bond acceptors (Lipinski definition) is 4. The van der Waals surface area contributed by atoms with Crippen LogP contribution in [0, 0.1) is 25.1 Å². The molecule has 0 aliphatic heterocycles. The van der Waals surface area contributed by atoms with Crippen LogP contribution in [0.4, 0.5) is 0 Å². The van der Waals surface area contributed by atoms with Gasteiger partial charge >= 0.3 is 7.82 Å². The Morgan fingerprint density at radius 1 is 1.36 bits per heavy atom. The molecule has 0 bridgehead atoms. The summed E-state index contributed by atoms with van der Waals surface area (Å²) in [5.74, 6) is 0. The van der Waals surface area contributed by atoms with Crippen molar-refractivity contribution in [2.75, 3.05) is 6.61 Å². The zero-order chi connectivity index (χ0) is 8.74. The van der Waals surface area contributed by atoms with Gasteiger partial charge in [0, 0.05) is 0 Å². The molecule has 4 nitrogen and oxygen atoms in total. The number of phosphoric ester groups is 1. The van der Waals surface area contributed by atoms with Gasteiger partial charge in [-0.15, -0.1) is 0 Å². The first-order valence-electron chi connectivity index (χ1n) is 2.71. The lowest BCUT2D eigenvalue weighted by Gasteiger charge is -2.08. The predicted octanol–water partition coefficient (Wildman–Crippen LogP) is 1.35. The summed E-state index contributed by atoms with van der Waals surface area (Å²) < 4.78 is 24.0. The highest BCUT2D eigenvalue weighted by atomic mass is 31.2. The summed E-state index contributed by atoms with van der Waals surface area (Å²) in [5, 5.41) is 0. The SMILES string of the molecule is C#COP(=O)(OC#C)OCC. The zero-order valence-corrected chi connectivity index (χ0v) is 6.84. The molecule has 0 aromatic heterocycles. The van der Waals surface area contributed by atoms with Crippen molar-refractivity contribution < 1.29 is 18.1 Å². The highest BCUT2D eigenvalue weighted by Gasteiger charge is 2.27. The fraction of sp³-hybridized carbons (Fsp3) is 0.333. The lowest BCUT2D eigenvalue weighted by Crippen LogP contribution is -1.92. The molecule has 0 atom stereocenters. The van der Waals surface area contributed by atoms with Crippen molar-refractivity contribution in [2.45, 2.75) is 6.92 Å². The van der Waals surface area contributed by atoms with E-state index in [0.29, 0.717) is 0 Å². The molecular weight excluding hydrogens is 167 g/mol. The van der Waals surface area contributed by atoms with Crippen molar-refractivity contribution >= 4 is 7.82 Å². The van der Waals surface area contributed by atoms with E-state index in [2.05, 4.69) is 13.6 Å². The standard InChI is InChI=1S/C6H7O4P/c1-4-8-11(7,9-5-2)10-6-3/h1-2H,6H2,3H3. The molecule has 0 saturated heterocycles. The fourth-order valence-electron chi connectivity index (χ4n) is 0.359. The van der Waals surface area contributed by atoms with Gasteiger partial charge in [0.05, 0.1) is 6.61 Å². The molecule has 5 heteroatoms. The lowest BCUT2D eigenvalue weighted by molar-refractivity contribution is 0.200. The molecule has 0 fully saturated rings. The maximum atomic E-state index is 11.1. The summed E-state index contributed by atoms with van der Waals surface area (Å²) in [5.41, 5.74) is 0. The van der Waals surface area contributed by atoms with Gasteiger partial charge < -0.3 is 9.05 Å². The third-order valence-electron chi connectivity index (χ3n) is 0.616. The van der Waals surface area contributed by atoms with Crippen molar-refractivity contribution in [2.24, 2.45) is 0 Å². The Morgan fingerprint density at radius 3 is 2.09 bits per heavy atom. The minimum absolute atomic E-state index is 0.140. The second-order valence-electron chi connectivity index (χ2n) is 1.28. The summed E-state index contributed by atoms with van der Waals surface area (Å²) in [6.07, 6.45) is 12.7. The molecule has 0 aromatic carbocycles. The fourth-order valence-corrected chi connectivity index (χ4v) is 1.08. The van der Waals surface area contributed by atoms with Crippen LogP contribution < -0.4 is 0 Å². The first-order valence-corrected chi connectivity index (χ1v) is 4.17. The van der Waals surface area contributed by atoms with Gasteiger partial charge in [-0.2, -0.15) is 0 Å². The molecule has 0 heterocycles. The normalized spacial score (nSPS) is 9.36. The van der Waals surface area contributed by atoms with E-state index in [4.69, 9.17) is 12.8 Å². The van der Waals surface area contributed by atoms with Gasteiger partial charge in [-0.05, 0) is 6.92 Å². The molecule has 0 amide bonds. The molecule has 0 rings (SSSR count). The maximum absolute atomic E-state index is 11.1. The largest absolute Gasteiger partial charge is 0.604 e. The Hall–Kier alpha value is -1.09. The van der Waals surface area contributed by atoms with Gasteiger partial charge in [-0.1, -0.05) is 12.8 Å². The molecule has 0 unspecified atom stereocenters. The predicted molar refractivity (Wildman–Crippen MR) is 39.1 cm³/mol. The number of phosphoric acid groups is 1. The van der Waals surface area contributed by atoms with Crippen molar-refractivity contribution in [3.63, 3.8) is 0 Å². The Kier molecular flexibility index (Phi) is 4.22. The first-order chi connectivity index (χ1) is 5.18. The smallest absolute Gasteiger partial charge is 0.341 e. The summed E-state index contributed by atoms with van der Waals surface area (Å²) in [4.78, 5) is 0. The highest BCUT2D eigenvalue weighted by molar-refractivity contribution is 7.48. The zero-order valence-electron chi connectivity index (χ0n) is 5.94. The molecule has 0 aliphatic carbocycles. The second kappa shape index (κ2) is 4.68. The minimum atomic E-state index is -3.69. The van der Waals surface area contributed by atoms with Crippen molar-refractivity contribution in [3.8, 4) is 25.1 Å². The molecule has 0 radical (unpaired) electrons. The molecule has 0 aliphatic rings. The Labute approximate surface area is 65.5 Å². The molecular formula is C6H7O4P. The van der Waals surface area contributed by atoms with Crippen LogP contribution in [0.1, 0.15) is 6.92 Å². The summed E-state index contributed by atoms with van der Waals surface area (Å²) in [6, 6.07) is 0. The molecule has 0 saturated carbocycles. The van der Waals surface area contributed by atoms with Gasteiger partial charge in [0.1, 0.15) is 12.2 Å².